The van der Waals surface area contributed by atoms with Crippen LogP contribution in [0.25, 0.3) is 0 Å². The number of thioether (sulfide) groups is 1. The first-order valence-electron chi connectivity index (χ1n) is 6.30. The number of carbonyl (C=O) groups excluding carboxylic acids is 1. The average molecular weight is 285 g/mol. The first-order valence-corrected chi connectivity index (χ1v) is 7.69. The number of carbonyl (C=O) groups is 1. The van der Waals surface area contributed by atoms with Crippen LogP contribution in [-0.2, 0) is 0 Å². The number of aromatic nitrogens is 1. The predicted octanol–water partition coefficient (Wildman–Crippen LogP) is 2.53. The third-order valence-electron chi connectivity index (χ3n) is 2.68. The Morgan fingerprint density at radius 2 is 2.21 bits per heavy atom. The van der Waals surface area contributed by atoms with Crippen molar-refractivity contribution in [2.75, 3.05) is 30.9 Å². The van der Waals surface area contributed by atoms with Crippen molar-refractivity contribution in [3.8, 4) is 0 Å². The van der Waals surface area contributed by atoms with Crippen LogP contribution in [0.15, 0.2) is 12.3 Å². The quantitative estimate of drug-likeness (QED) is 0.721. The maximum absolute atomic E-state index is 13.8. The van der Waals surface area contributed by atoms with Gasteiger partial charge in [0.15, 0.2) is 11.6 Å². The molecule has 0 aliphatic rings. The normalized spacial score (nSPS) is 10.3. The van der Waals surface area contributed by atoms with Gasteiger partial charge in [-0.2, -0.15) is 11.8 Å². The summed E-state index contributed by atoms with van der Waals surface area (Å²) in [5, 5.41) is 5.34. The molecule has 0 fully saturated rings. The molecular weight excluding hydrogens is 265 g/mol. The summed E-state index contributed by atoms with van der Waals surface area (Å²) in [5.41, 5.74) is 0.0310. The fourth-order valence-electron chi connectivity index (χ4n) is 1.64. The molecule has 1 rings (SSSR count). The molecule has 0 spiro atoms. The molecule has 0 saturated heterocycles. The van der Waals surface area contributed by atoms with Crippen molar-refractivity contribution in [1.82, 2.24) is 10.3 Å². The minimum Gasteiger partial charge on any atom is -0.371 e. The molecule has 19 heavy (non-hydrogen) atoms. The third-order valence-corrected chi connectivity index (χ3v) is 3.38. The number of halogens is 1. The molecule has 1 aromatic heterocycles. The second kappa shape index (κ2) is 8.74. The van der Waals surface area contributed by atoms with Gasteiger partial charge < -0.3 is 10.6 Å². The molecule has 1 aromatic rings. The number of amides is 1. The lowest BCUT2D eigenvalue weighted by atomic mass is 10.2. The van der Waals surface area contributed by atoms with Gasteiger partial charge in [-0.15, -0.1) is 0 Å². The minimum atomic E-state index is -0.607. The Morgan fingerprint density at radius 3 is 2.89 bits per heavy atom. The van der Waals surface area contributed by atoms with Gasteiger partial charge in [-0.05, 0) is 30.9 Å². The Balaban J connectivity index is 2.41. The van der Waals surface area contributed by atoms with E-state index in [0.29, 0.717) is 6.54 Å². The molecule has 0 radical (unpaired) electrons. The van der Waals surface area contributed by atoms with Crippen LogP contribution < -0.4 is 10.6 Å². The van der Waals surface area contributed by atoms with Gasteiger partial charge in [0.1, 0.15) is 0 Å². The topological polar surface area (TPSA) is 54.0 Å². The number of hydrogen-bond donors (Lipinski definition) is 2. The molecular formula is C13H20FN3OS. The number of pyridine rings is 1. The lowest BCUT2D eigenvalue weighted by molar-refractivity contribution is 0.0949. The molecule has 1 heterocycles. The van der Waals surface area contributed by atoms with Gasteiger partial charge >= 0.3 is 0 Å². The molecule has 0 bridgehead atoms. The van der Waals surface area contributed by atoms with Gasteiger partial charge in [0.2, 0.25) is 0 Å². The van der Waals surface area contributed by atoms with E-state index >= 15 is 0 Å². The fourth-order valence-corrected chi connectivity index (χ4v) is 2.13. The number of nitrogens with one attached hydrogen (secondary N) is 2. The van der Waals surface area contributed by atoms with Crippen LogP contribution in [0.2, 0.25) is 0 Å². The monoisotopic (exact) mass is 285 g/mol. The summed E-state index contributed by atoms with van der Waals surface area (Å²) >= 11 is 1.82. The number of rotatable bonds is 8. The van der Waals surface area contributed by atoms with Crippen molar-refractivity contribution in [3.63, 3.8) is 0 Å². The first-order chi connectivity index (χ1) is 9.20. The summed E-state index contributed by atoms with van der Waals surface area (Å²) in [6.45, 7) is 0.573. The van der Waals surface area contributed by atoms with Gasteiger partial charge in [-0.1, -0.05) is 6.42 Å². The summed E-state index contributed by atoms with van der Waals surface area (Å²) in [7, 11) is 1.57. The van der Waals surface area contributed by atoms with Gasteiger partial charge in [0, 0.05) is 19.8 Å². The van der Waals surface area contributed by atoms with Crippen molar-refractivity contribution in [2.45, 2.75) is 19.3 Å². The predicted molar refractivity (Wildman–Crippen MR) is 78.3 cm³/mol. The first kappa shape index (κ1) is 15.8. The van der Waals surface area contributed by atoms with Crippen molar-refractivity contribution < 1.29 is 9.18 Å². The largest absolute Gasteiger partial charge is 0.371 e. The Hall–Kier alpha value is -1.30. The average Bonchev–Trinajstić information content (AvgIpc) is 2.42. The molecule has 6 heteroatoms. The summed E-state index contributed by atoms with van der Waals surface area (Å²) < 4.78 is 13.8. The van der Waals surface area contributed by atoms with Crippen molar-refractivity contribution >= 4 is 23.5 Å². The second-order valence-corrected chi connectivity index (χ2v) is 5.07. The zero-order chi connectivity index (χ0) is 14.1. The smallest absolute Gasteiger partial charge is 0.254 e. The minimum absolute atomic E-state index is 0.0310. The van der Waals surface area contributed by atoms with E-state index in [0.717, 1.165) is 25.0 Å². The number of anilines is 1. The van der Waals surface area contributed by atoms with Crippen LogP contribution in [-0.4, -0.2) is 36.5 Å². The maximum atomic E-state index is 13.8. The molecule has 0 unspecified atom stereocenters. The van der Waals surface area contributed by atoms with Crippen molar-refractivity contribution in [2.24, 2.45) is 0 Å². The molecule has 106 valence electrons. The molecule has 0 atom stereocenters. The molecule has 0 aromatic carbocycles. The van der Waals surface area contributed by atoms with Gasteiger partial charge in [0.25, 0.3) is 5.91 Å². The molecule has 0 aliphatic heterocycles. The van der Waals surface area contributed by atoms with Crippen molar-refractivity contribution in [3.05, 3.63) is 23.6 Å². The second-order valence-electron chi connectivity index (χ2n) is 4.08. The lowest BCUT2D eigenvalue weighted by Crippen LogP contribution is -2.25. The molecule has 4 nitrogen and oxygen atoms in total. The van der Waals surface area contributed by atoms with E-state index in [-0.39, 0.29) is 17.3 Å². The number of nitrogens with zero attached hydrogens (tertiary/aromatic N) is 1. The highest BCUT2D eigenvalue weighted by Gasteiger charge is 2.14. The fraction of sp³-hybridized carbons (Fsp3) is 0.538. The highest BCUT2D eigenvalue weighted by molar-refractivity contribution is 7.98. The van der Waals surface area contributed by atoms with E-state index in [4.69, 9.17) is 0 Å². The van der Waals surface area contributed by atoms with E-state index in [1.54, 1.807) is 7.05 Å². The Labute approximate surface area is 117 Å². The van der Waals surface area contributed by atoms with Crippen LogP contribution in [0, 0.1) is 5.82 Å². The summed E-state index contributed by atoms with van der Waals surface area (Å²) in [4.78, 5) is 15.6. The van der Waals surface area contributed by atoms with Crippen LogP contribution in [0.4, 0.5) is 10.2 Å². The van der Waals surface area contributed by atoms with Crippen molar-refractivity contribution in [1.29, 1.82) is 0 Å². The highest BCUT2D eigenvalue weighted by atomic mass is 32.2. The van der Waals surface area contributed by atoms with E-state index in [9.17, 15) is 9.18 Å². The van der Waals surface area contributed by atoms with E-state index in [1.807, 2.05) is 11.8 Å². The third kappa shape index (κ3) is 5.06. The molecule has 2 N–H and O–H groups in total. The van der Waals surface area contributed by atoms with Crippen LogP contribution in [0.1, 0.15) is 29.6 Å². The maximum Gasteiger partial charge on any atom is 0.254 e. The Kier molecular flexibility index (Phi) is 7.25. The molecule has 0 aliphatic carbocycles. The van der Waals surface area contributed by atoms with Gasteiger partial charge in [0.05, 0.1) is 5.56 Å². The van der Waals surface area contributed by atoms with Crippen LogP contribution >= 0.6 is 11.8 Å². The number of unbranched alkanes of at least 4 members (excludes halogenated alkanes) is 2. The lowest BCUT2D eigenvalue weighted by Gasteiger charge is -2.08. The zero-order valence-corrected chi connectivity index (χ0v) is 12.1. The van der Waals surface area contributed by atoms with E-state index in [1.165, 1.54) is 12.3 Å². The summed E-state index contributed by atoms with van der Waals surface area (Å²) in [6.07, 6.45) is 6.62. The van der Waals surface area contributed by atoms with Crippen LogP contribution in [0.3, 0.4) is 0 Å². The number of hydrogen-bond acceptors (Lipinski definition) is 4. The van der Waals surface area contributed by atoms with Gasteiger partial charge in [-0.25, -0.2) is 9.37 Å². The standard InChI is InChI=1S/C13H20FN3OS/c1-15-12-11(14)10(6-8-16-12)13(18)17-7-4-3-5-9-19-2/h6,8H,3-5,7,9H2,1-2H3,(H,15,16)(H,17,18). The van der Waals surface area contributed by atoms with Crippen LogP contribution in [0.5, 0.6) is 0 Å². The zero-order valence-electron chi connectivity index (χ0n) is 11.3. The highest BCUT2D eigenvalue weighted by Crippen LogP contribution is 2.14. The summed E-state index contributed by atoms with van der Waals surface area (Å²) in [6, 6.07) is 1.39. The summed E-state index contributed by atoms with van der Waals surface area (Å²) in [5.74, 6) is 0.233. The van der Waals surface area contributed by atoms with E-state index < -0.39 is 5.82 Å². The van der Waals surface area contributed by atoms with Gasteiger partial charge in [-0.3, -0.25) is 4.79 Å². The SMILES string of the molecule is CNc1nccc(C(=O)NCCCCCSC)c1F. The van der Waals surface area contributed by atoms with E-state index in [2.05, 4.69) is 21.9 Å². The Morgan fingerprint density at radius 1 is 1.42 bits per heavy atom. The molecule has 0 saturated carbocycles. The molecule has 1 amide bonds. The Bertz CT molecular complexity index is 415.